The molecule has 1 N–H and O–H groups in total. The number of amides is 1. The topological polar surface area (TPSA) is 54.6 Å². The van der Waals surface area contributed by atoms with Crippen LogP contribution in [-0.4, -0.2) is 49.2 Å². The maximum Gasteiger partial charge on any atom is 0.270 e. The van der Waals surface area contributed by atoms with Crippen molar-refractivity contribution in [2.75, 3.05) is 33.4 Å². The second-order valence-corrected chi connectivity index (χ2v) is 7.63. The van der Waals surface area contributed by atoms with Gasteiger partial charge in [0, 0.05) is 26.4 Å². The van der Waals surface area contributed by atoms with Gasteiger partial charge in [0.25, 0.3) is 5.91 Å². The first kappa shape index (κ1) is 18.3. The zero-order valence-corrected chi connectivity index (χ0v) is 15.9. The van der Waals surface area contributed by atoms with Gasteiger partial charge in [-0.2, -0.15) is 0 Å². The van der Waals surface area contributed by atoms with Gasteiger partial charge in [0.05, 0.1) is 19.3 Å². The number of rotatable bonds is 5. The number of aromatic amines is 1. The number of methoxy groups -OCH3 is 1. The summed E-state index contributed by atoms with van der Waals surface area (Å²) in [4.78, 5) is 17.7. The molecule has 0 unspecified atom stereocenters. The normalized spacial score (nSPS) is 21.2. The number of H-pyrrole nitrogens is 1. The van der Waals surface area contributed by atoms with E-state index in [2.05, 4.69) is 29.2 Å². The van der Waals surface area contributed by atoms with Crippen molar-refractivity contribution in [1.82, 2.24) is 9.88 Å². The Balaban J connectivity index is 1.49. The molecule has 1 saturated heterocycles. The van der Waals surface area contributed by atoms with Crippen LogP contribution in [-0.2, 0) is 14.9 Å². The summed E-state index contributed by atoms with van der Waals surface area (Å²) < 4.78 is 11.2. The molecule has 1 amide bonds. The number of nitrogens with one attached hydrogen (secondary N) is 1. The van der Waals surface area contributed by atoms with E-state index in [-0.39, 0.29) is 17.4 Å². The molecule has 1 spiro atoms. The molecule has 5 nitrogen and oxygen atoms in total. The van der Waals surface area contributed by atoms with Crippen LogP contribution in [0.2, 0.25) is 0 Å². The van der Waals surface area contributed by atoms with Gasteiger partial charge in [-0.1, -0.05) is 24.3 Å². The first-order valence-corrected chi connectivity index (χ1v) is 9.86. The summed E-state index contributed by atoms with van der Waals surface area (Å²) in [6.45, 7) is 2.86. The molecule has 144 valence electrons. The number of piperidine rings is 1. The molecular weight excluding hydrogens is 340 g/mol. The van der Waals surface area contributed by atoms with Crippen LogP contribution in [0, 0.1) is 0 Å². The predicted octanol–water partition coefficient (Wildman–Crippen LogP) is 3.69. The summed E-state index contributed by atoms with van der Waals surface area (Å²) in [5.74, 6) is 0.111. The lowest BCUT2D eigenvalue weighted by molar-refractivity contribution is -0.00273. The molecular formula is C22H28N2O3. The van der Waals surface area contributed by atoms with Crippen LogP contribution in [0.15, 0.2) is 42.6 Å². The van der Waals surface area contributed by atoms with E-state index in [9.17, 15) is 4.79 Å². The van der Waals surface area contributed by atoms with Gasteiger partial charge in [-0.15, -0.1) is 0 Å². The Hall–Kier alpha value is -2.11. The third-order valence-electron chi connectivity index (χ3n) is 6.21. The molecule has 2 heterocycles. The smallest absolute Gasteiger partial charge is 0.270 e. The summed E-state index contributed by atoms with van der Waals surface area (Å²) in [7, 11) is 1.70. The third-order valence-corrected chi connectivity index (χ3v) is 6.21. The Morgan fingerprint density at radius 3 is 2.70 bits per heavy atom. The van der Waals surface area contributed by atoms with Gasteiger partial charge in [0.15, 0.2) is 0 Å². The van der Waals surface area contributed by atoms with E-state index in [4.69, 9.17) is 9.47 Å². The monoisotopic (exact) mass is 368 g/mol. The maximum absolute atomic E-state index is 12.6. The van der Waals surface area contributed by atoms with Gasteiger partial charge in [0.1, 0.15) is 5.69 Å². The summed E-state index contributed by atoms with van der Waals surface area (Å²) in [6.07, 6.45) is 6.14. The number of aromatic nitrogens is 1. The van der Waals surface area contributed by atoms with Gasteiger partial charge in [-0.3, -0.25) is 4.79 Å². The summed E-state index contributed by atoms with van der Waals surface area (Å²) in [6, 6.07) is 12.4. The molecule has 0 bridgehead atoms. The molecule has 0 radical (unpaired) electrons. The fourth-order valence-corrected chi connectivity index (χ4v) is 4.70. The molecule has 2 aromatic rings. The van der Waals surface area contributed by atoms with Crippen molar-refractivity contribution in [3.63, 3.8) is 0 Å². The zero-order chi connectivity index (χ0) is 18.7. The number of ether oxygens (including phenoxy) is 2. The summed E-state index contributed by atoms with van der Waals surface area (Å²) >= 11 is 0. The fourth-order valence-electron chi connectivity index (χ4n) is 4.70. The van der Waals surface area contributed by atoms with Crippen LogP contribution in [0.4, 0.5) is 0 Å². The Bertz CT molecular complexity index is 764. The SMILES string of the molecule is COCCO[C@H]1CCC2(CCN(C(=O)c3ccc[nH]3)CC2)c2ccccc21. The highest BCUT2D eigenvalue weighted by atomic mass is 16.5. The molecule has 27 heavy (non-hydrogen) atoms. The Labute approximate surface area is 160 Å². The number of fused-ring (bicyclic) bond motifs is 2. The Kier molecular flexibility index (Phi) is 5.32. The lowest BCUT2D eigenvalue weighted by Crippen LogP contribution is -2.47. The van der Waals surface area contributed by atoms with Gasteiger partial charge >= 0.3 is 0 Å². The van der Waals surface area contributed by atoms with Gasteiger partial charge < -0.3 is 19.4 Å². The second kappa shape index (κ2) is 7.87. The van der Waals surface area contributed by atoms with Crippen molar-refractivity contribution < 1.29 is 14.3 Å². The van der Waals surface area contributed by atoms with E-state index in [0.29, 0.717) is 18.9 Å². The second-order valence-electron chi connectivity index (χ2n) is 7.63. The Morgan fingerprint density at radius 2 is 1.96 bits per heavy atom. The van der Waals surface area contributed by atoms with Crippen LogP contribution < -0.4 is 0 Å². The number of likely N-dealkylation sites (tertiary alicyclic amines) is 1. The highest BCUT2D eigenvalue weighted by Gasteiger charge is 2.42. The van der Waals surface area contributed by atoms with Crippen molar-refractivity contribution >= 4 is 5.91 Å². The minimum absolute atomic E-state index is 0.111. The minimum Gasteiger partial charge on any atom is -0.382 e. The number of carbonyl (C=O) groups is 1. The van der Waals surface area contributed by atoms with Crippen molar-refractivity contribution in [2.24, 2.45) is 0 Å². The van der Waals surface area contributed by atoms with Crippen LogP contribution in [0.3, 0.4) is 0 Å². The summed E-state index contributed by atoms with van der Waals surface area (Å²) in [5, 5.41) is 0. The number of benzene rings is 1. The average Bonchev–Trinajstić information content (AvgIpc) is 3.25. The number of nitrogens with zero attached hydrogens (tertiary/aromatic N) is 1. The highest BCUT2D eigenvalue weighted by molar-refractivity contribution is 5.92. The standard InChI is InChI=1S/C22H28N2O3/c1-26-15-16-27-20-8-9-22(18-6-3-2-5-17(18)20)10-13-24(14-11-22)21(25)19-7-4-12-23-19/h2-7,12,20,23H,8-11,13-16H2,1H3/t20-/m0/s1. The first-order valence-electron chi connectivity index (χ1n) is 9.86. The molecule has 5 heteroatoms. The Morgan fingerprint density at radius 1 is 1.15 bits per heavy atom. The highest BCUT2D eigenvalue weighted by Crippen LogP contribution is 2.48. The molecule has 2 aliphatic rings. The van der Waals surface area contributed by atoms with Crippen molar-refractivity contribution in [1.29, 1.82) is 0 Å². The third kappa shape index (κ3) is 3.54. The van der Waals surface area contributed by atoms with Gasteiger partial charge in [0.2, 0.25) is 0 Å². The van der Waals surface area contributed by atoms with Crippen molar-refractivity contribution in [3.8, 4) is 0 Å². The lowest BCUT2D eigenvalue weighted by atomic mass is 9.64. The van der Waals surface area contributed by atoms with E-state index < -0.39 is 0 Å². The predicted molar refractivity (Wildman–Crippen MR) is 104 cm³/mol. The van der Waals surface area contributed by atoms with Crippen LogP contribution in [0.25, 0.3) is 0 Å². The van der Waals surface area contributed by atoms with Crippen LogP contribution >= 0.6 is 0 Å². The largest absolute Gasteiger partial charge is 0.382 e. The average molecular weight is 368 g/mol. The molecule has 1 atom stereocenters. The number of carbonyl (C=O) groups excluding carboxylic acids is 1. The van der Waals surface area contributed by atoms with E-state index in [0.717, 1.165) is 38.8 Å². The molecule has 1 aromatic heterocycles. The molecule has 1 aliphatic heterocycles. The van der Waals surface area contributed by atoms with Crippen LogP contribution in [0.1, 0.15) is 53.4 Å². The zero-order valence-electron chi connectivity index (χ0n) is 15.9. The van der Waals surface area contributed by atoms with E-state index in [1.54, 1.807) is 13.3 Å². The van der Waals surface area contributed by atoms with Crippen LogP contribution in [0.5, 0.6) is 0 Å². The minimum atomic E-state index is 0.111. The molecule has 1 aliphatic carbocycles. The quantitative estimate of drug-likeness (QED) is 0.819. The van der Waals surface area contributed by atoms with Gasteiger partial charge in [-0.25, -0.2) is 0 Å². The molecule has 4 rings (SSSR count). The fraction of sp³-hybridized carbons (Fsp3) is 0.500. The van der Waals surface area contributed by atoms with Crippen molar-refractivity contribution in [2.45, 2.75) is 37.2 Å². The van der Waals surface area contributed by atoms with Crippen molar-refractivity contribution in [3.05, 3.63) is 59.4 Å². The molecule has 0 saturated carbocycles. The van der Waals surface area contributed by atoms with E-state index >= 15 is 0 Å². The van der Waals surface area contributed by atoms with E-state index in [1.807, 2.05) is 17.0 Å². The first-order chi connectivity index (χ1) is 13.2. The summed E-state index contributed by atoms with van der Waals surface area (Å²) in [5.41, 5.74) is 3.60. The number of hydrogen-bond acceptors (Lipinski definition) is 3. The van der Waals surface area contributed by atoms with Gasteiger partial charge in [-0.05, 0) is 54.4 Å². The number of hydrogen-bond donors (Lipinski definition) is 1. The van der Waals surface area contributed by atoms with E-state index in [1.165, 1.54) is 11.1 Å². The molecule has 1 aromatic carbocycles. The lowest BCUT2D eigenvalue weighted by Gasteiger charge is -2.47. The molecule has 1 fully saturated rings. The maximum atomic E-state index is 12.6.